The SMILES string of the molecule is N#Cc1ccc(NC(=O)CCc2nc3ccccc3c(=O)[nH]2)cc1. The van der Waals surface area contributed by atoms with Crippen LogP contribution in [0.4, 0.5) is 5.69 Å². The number of fused-ring (bicyclic) bond motifs is 1. The average molecular weight is 318 g/mol. The molecule has 0 aliphatic carbocycles. The van der Waals surface area contributed by atoms with Gasteiger partial charge in [-0.25, -0.2) is 4.98 Å². The smallest absolute Gasteiger partial charge is 0.258 e. The predicted molar refractivity (Wildman–Crippen MR) is 90.5 cm³/mol. The van der Waals surface area contributed by atoms with Gasteiger partial charge >= 0.3 is 0 Å². The number of nitriles is 1. The molecule has 0 saturated carbocycles. The van der Waals surface area contributed by atoms with E-state index in [-0.39, 0.29) is 17.9 Å². The molecule has 0 saturated heterocycles. The van der Waals surface area contributed by atoms with Crippen LogP contribution >= 0.6 is 0 Å². The second kappa shape index (κ2) is 6.75. The zero-order valence-electron chi connectivity index (χ0n) is 12.7. The lowest BCUT2D eigenvalue weighted by molar-refractivity contribution is -0.116. The number of benzene rings is 2. The molecule has 24 heavy (non-hydrogen) atoms. The number of aromatic nitrogens is 2. The second-order valence-corrected chi connectivity index (χ2v) is 5.27. The summed E-state index contributed by atoms with van der Waals surface area (Å²) >= 11 is 0. The monoisotopic (exact) mass is 318 g/mol. The fourth-order valence-corrected chi connectivity index (χ4v) is 2.34. The van der Waals surface area contributed by atoms with Crippen LogP contribution in [0.3, 0.4) is 0 Å². The fourth-order valence-electron chi connectivity index (χ4n) is 2.34. The molecule has 118 valence electrons. The molecule has 6 heteroatoms. The van der Waals surface area contributed by atoms with Crippen molar-refractivity contribution in [2.45, 2.75) is 12.8 Å². The maximum absolute atomic E-state index is 12.0. The van der Waals surface area contributed by atoms with Gasteiger partial charge in [-0.05, 0) is 36.4 Å². The molecule has 3 aromatic rings. The summed E-state index contributed by atoms with van der Waals surface area (Å²) in [5, 5.41) is 12.0. The third-order valence-corrected chi connectivity index (χ3v) is 3.55. The highest BCUT2D eigenvalue weighted by molar-refractivity contribution is 5.90. The molecule has 0 radical (unpaired) electrons. The zero-order valence-corrected chi connectivity index (χ0v) is 12.7. The summed E-state index contributed by atoms with van der Waals surface area (Å²) in [5.74, 6) is 0.296. The van der Waals surface area contributed by atoms with Crippen LogP contribution in [0.5, 0.6) is 0 Å². The molecule has 0 atom stereocenters. The maximum Gasteiger partial charge on any atom is 0.258 e. The van der Waals surface area contributed by atoms with Gasteiger partial charge in [0, 0.05) is 18.5 Å². The molecule has 6 nitrogen and oxygen atoms in total. The lowest BCUT2D eigenvalue weighted by Gasteiger charge is -2.06. The minimum absolute atomic E-state index is 0.185. The summed E-state index contributed by atoms with van der Waals surface area (Å²) in [7, 11) is 0. The third-order valence-electron chi connectivity index (χ3n) is 3.55. The van der Waals surface area contributed by atoms with E-state index in [0.717, 1.165) is 0 Å². The van der Waals surface area contributed by atoms with E-state index in [4.69, 9.17) is 5.26 Å². The summed E-state index contributed by atoms with van der Waals surface area (Å²) in [6.45, 7) is 0. The Bertz CT molecular complexity index is 984. The van der Waals surface area contributed by atoms with E-state index < -0.39 is 0 Å². The molecule has 0 fully saturated rings. The number of rotatable bonds is 4. The quantitative estimate of drug-likeness (QED) is 0.771. The van der Waals surface area contributed by atoms with Crippen molar-refractivity contribution >= 4 is 22.5 Å². The minimum Gasteiger partial charge on any atom is -0.326 e. The first-order valence-corrected chi connectivity index (χ1v) is 7.43. The van der Waals surface area contributed by atoms with Crippen molar-refractivity contribution in [2.75, 3.05) is 5.32 Å². The first-order valence-electron chi connectivity index (χ1n) is 7.43. The second-order valence-electron chi connectivity index (χ2n) is 5.27. The first kappa shape index (κ1) is 15.4. The maximum atomic E-state index is 12.0. The molecular weight excluding hydrogens is 304 g/mol. The summed E-state index contributed by atoms with van der Waals surface area (Å²) < 4.78 is 0. The summed E-state index contributed by atoms with van der Waals surface area (Å²) in [5.41, 5.74) is 1.57. The average Bonchev–Trinajstić information content (AvgIpc) is 2.61. The van der Waals surface area contributed by atoms with Crippen molar-refractivity contribution < 1.29 is 4.79 Å². The Morgan fingerprint density at radius 1 is 1.17 bits per heavy atom. The van der Waals surface area contributed by atoms with Crippen LogP contribution in [0.2, 0.25) is 0 Å². The molecule has 2 N–H and O–H groups in total. The molecule has 2 aromatic carbocycles. The van der Waals surface area contributed by atoms with Gasteiger partial charge in [-0.3, -0.25) is 9.59 Å². The normalized spacial score (nSPS) is 10.3. The largest absolute Gasteiger partial charge is 0.326 e. The highest BCUT2D eigenvalue weighted by atomic mass is 16.1. The molecule has 0 aliphatic heterocycles. The van der Waals surface area contributed by atoms with E-state index in [9.17, 15) is 9.59 Å². The van der Waals surface area contributed by atoms with Crippen LogP contribution in [-0.4, -0.2) is 15.9 Å². The number of hydrogen-bond acceptors (Lipinski definition) is 4. The Hall–Kier alpha value is -3.46. The van der Waals surface area contributed by atoms with Crippen LogP contribution in [0.1, 0.15) is 17.8 Å². The first-order chi connectivity index (χ1) is 11.7. The van der Waals surface area contributed by atoms with E-state index >= 15 is 0 Å². The number of hydrogen-bond donors (Lipinski definition) is 2. The van der Waals surface area contributed by atoms with Gasteiger partial charge in [-0.15, -0.1) is 0 Å². The minimum atomic E-state index is -0.205. The number of amides is 1. The van der Waals surface area contributed by atoms with Crippen LogP contribution < -0.4 is 10.9 Å². The number of nitrogens with zero attached hydrogens (tertiary/aromatic N) is 2. The molecule has 1 aromatic heterocycles. The summed E-state index contributed by atoms with van der Waals surface area (Å²) in [6, 6.07) is 15.7. The zero-order chi connectivity index (χ0) is 16.9. The lowest BCUT2D eigenvalue weighted by Crippen LogP contribution is -2.16. The number of aromatic amines is 1. The number of carbonyl (C=O) groups excluding carboxylic acids is 1. The van der Waals surface area contributed by atoms with Gasteiger partial charge in [-0.1, -0.05) is 12.1 Å². The van der Waals surface area contributed by atoms with Gasteiger partial charge in [0.25, 0.3) is 5.56 Å². The van der Waals surface area contributed by atoms with Crippen molar-refractivity contribution in [3.63, 3.8) is 0 Å². The molecule has 1 amide bonds. The van der Waals surface area contributed by atoms with Gasteiger partial charge in [-0.2, -0.15) is 5.26 Å². The Kier molecular flexibility index (Phi) is 4.34. The Morgan fingerprint density at radius 3 is 2.67 bits per heavy atom. The van der Waals surface area contributed by atoms with Gasteiger partial charge in [0.1, 0.15) is 5.82 Å². The molecule has 3 rings (SSSR count). The number of anilines is 1. The third kappa shape index (κ3) is 3.47. The Morgan fingerprint density at radius 2 is 1.92 bits per heavy atom. The van der Waals surface area contributed by atoms with E-state index in [1.165, 1.54) is 0 Å². The van der Waals surface area contributed by atoms with E-state index in [2.05, 4.69) is 15.3 Å². The number of nitrogens with one attached hydrogen (secondary N) is 2. The van der Waals surface area contributed by atoms with Crippen molar-refractivity contribution in [3.05, 3.63) is 70.3 Å². The fraction of sp³-hybridized carbons (Fsp3) is 0.111. The van der Waals surface area contributed by atoms with Crippen molar-refractivity contribution in [1.29, 1.82) is 5.26 Å². The van der Waals surface area contributed by atoms with Crippen LogP contribution in [0, 0.1) is 11.3 Å². The number of H-pyrrole nitrogens is 1. The Labute approximate surface area is 137 Å². The van der Waals surface area contributed by atoms with E-state index in [0.29, 0.717) is 34.4 Å². The molecule has 0 unspecified atom stereocenters. The van der Waals surface area contributed by atoms with Crippen LogP contribution in [0.15, 0.2) is 53.3 Å². The molecule has 0 aliphatic rings. The highest BCUT2D eigenvalue weighted by Gasteiger charge is 2.07. The van der Waals surface area contributed by atoms with Crippen LogP contribution in [0.25, 0.3) is 10.9 Å². The lowest BCUT2D eigenvalue weighted by atomic mass is 10.2. The summed E-state index contributed by atoms with van der Waals surface area (Å²) in [4.78, 5) is 31.0. The molecule has 0 spiro atoms. The van der Waals surface area contributed by atoms with Gasteiger partial charge in [0.2, 0.25) is 5.91 Å². The van der Waals surface area contributed by atoms with E-state index in [1.54, 1.807) is 42.5 Å². The molecular formula is C18H14N4O2. The van der Waals surface area contributed by atoms with Crippen molar-refractivity contribution in [2.24, 2.45) is 0 Å². The van der Waals surface area contributed by atoms with Gasteiger partial charge in [0.05, 0.1) is 22.5 Å². The van der Waals surface area contributed by atoms with Crippen molar-refractivity contribution in [1.82, 2.24) is 9.97 Å². The molecule has 0 bridgehead atoms. The Balaban J connectivity index is 1.65. The topological polar surface area (TPSA) is 98.6 Å². The highest BCUT2D eigenvalue weighted by Crippen LogP contribution is 2.10. The molecule has 1 heterocycles. The van der Waals surface area contributed by atoms with E-state index in [1.807, 2.05) is 12.1 Å². The number of aryl methyl sites for hydroxylation is 1. The van der Waals surface area contributed by atoms with Crippen molar-refractivity contribution in [3.8, 4) is 6.07 Å². The van der Waals surface area contributed by atoms with Gasteiger partial charge < -0.3 is 10.3 Å². The number of para-hydroxylation sites is 1. The standard InChI is InChI=1S/C18H14N4O2/c19-11-12-5-7-13(8-6-12)20-17(23)10-9-16-21-15-4-2-1-3-14(15)18(24)22-16/h1-8H,9-10H2,(H,20,23)(H,21,22,24). The number of carbonyl (C=O) groups is 1. The predicted octanol–water partition coefficient (Wildman–Crippen LogP) is 2.37. The van der Waals surface area contributed by atoms with Gasteiger partial charge in [0.15, 0.2) is 0 Å². The summed E-state index contributed by atoms with van der Waals surface area (Å²) in [6.07, 6.45) is 0.531. The van der Waals surface area contributed by atoms with Crippen LogP contribution in [-0.2, 0) is 11.2 Å².